The molecule has 0 unspecified atom stereocenters. The van der Waals surface area contributed by atoms with E-state index in [9.17, 15) is 9.18 Å². The predicted molar refractivity (Wildman–Crippen MR) is 104 cm³/mol. The fourth-order valence-electron chi connectivity index (χ4n) is 2.81. The molecule has 0 bridgehead atoms. The lowest BCUT2D eigenvalue weighted by molar-refractivity contribution is 0.0982. The summed E-state index contributed by atoms with van der Waals surface area (Å²) in [6, 6.07) is 8.04. The molecule has 1 amide bonds. The number of anilines is 1. The first-order valence-corrected chi connectivity index (χ1v) is 9.21. The van der Waals surface area contributed by atoms with Gasteiger partial charge in [0, 0.05) is 25.6 Å². The van der Waals surface area contributed by atoms with Gasteiger partial charge in [-0.2, -0.15) is 0 Å². The lowest BCUT2D eigenvalue weighted by Crippen LogP contribution is -2.30. The minimum atomic E-state index is -0.346. The standard InChI is InChI=1S/C19H16FN5O2S/c1-24-11-14(17(23-24)27-2)18(26)25(10-12-4-3-7-21-9-12)19-22-15-6-5-13(20)8-16(15)28-19/h3-9,11H,10H2,1-2H3. The number of pyridine rings is 1. The van der Waals surface area contributed by atoms with E-state index < -0.39 is 0 Å². The number of nitrogens with zero attached hydrogens (tertiary/aromatic N) is 5. The topological polar surface area (TPSA) is 73.1 Å². The van der Waals surface area contributed by atoms with Crippen molar-refractivity contribution in [1.29, 1.82) is 0 Å². The Bertz CT molecular complexity index is 1140. The van der Waals surface area contributed by atoms with Gasteiger partial charge in [-0.3, -0.25) is 19.4 Å². The van der Waals surface area contributed by atoms with Crippen LogP contribution in [0.1, 0.15) is 15.9 Å². The van der Waals surface area contributed by atoms with Gasteiger partial charge in [-0.25, -0.2) is 9.37 Å². The second-order valence-corrected chi connectivity index (χ2v) is 7.10. The third kappa shape index (κ3) is 3.44. The Morgan fingerprint density at radius 3 is 2.96 bits per heavy atom. The quantitative estimate of drug-likeness (QED) is 0.516. The number of ether oxygens (including phenoxy) is 1. The van der Waals surface area contributed by atoms with Crippen molar-refractivity contribution in [2.24, 2.45) is 7.05 Å². The highest BCUT2D eigenvalue weighted by Gasteiger charge is 2.26. The van der Waals surface area contributed by atoms with Gasteiger partial charge >= 0.3 is 0 Å². The fourth-order valence-corrected chi connectivity index (χ4v) is 3.80. The number of carbonyl (C=O) groups excluding carboxylic acids is 1. The van der Waals surface area contributed by atoms with Crippen LogP contribution < -0.4 is 9.64 Å². The van der Waals surface area contributed by atoms with Crippen LogP contribution >= 0.6 is 11.3 Å². The van der Waals surface area contributed by atoms with Crippen LogP contribution in [0.5, 0.6) is 5.88 Å². The number of hydrogen-bond acceptors (Lipinski definition) is 6. The van der Waals surface area contributed by atoms with Crippen LogP contribution in [0.25, 0.3) is 10.2 Å². The molecule has 0 aliphatic carbocycles. The Morgan fingerprint density at radius 2 is 2.21 bits per heavy atom. The Hall–Kier alpha value is -3.33. The highest BCUT2D eigenvalue weighted by Crippen LogP contribution is 2.32. The molecule has 0 radical (unpaired) electrons. The predicted octanol–water partition coefficient (Wildman–Crippen LogP) is 3.42. The summed E-state index contributed by atoms with van der Waals surface area (Å²) in [4.78, 5) is 23.5. The normalized spacial score (nSPS) is 11.0. The zero-order valence-corrected chi connectivity index (χ0v) is 16.0. The van der Waals surface area contributed by atoms with Crippen LogP contribution in [0, 0.1) is 5.82 Å². The van der Waals surface area contributed by atoms with Crippen molar-refractivity contribution in [1.82, 2.24) is 19.7 Å². The molecular weight excluding hydrogens is 381 g/mol. The molecule has 0 fully saturated rings. The molecule has 4 aromatic rings. The molecule has 142 valence electrons. The van der Waals surface area contributed by atoms with Gasteiger partial charge < -0.3 is 4.74 Å². The highest BCUT2D eigenvalue weighted by molar-refractivity contribution is 7.22. The molecule has 9 heteroatoms. The highest BCUT2D eigenvalue weighted by atomic mass is 32.1. The summed E-state index contributed by atoms with van der Waals surface area (Å²) in [5.41, 5.74) is 1.78. The number of thiazole rings is 1. The Kier molecular flexibility index (Phi) is 4.74. The van der Waals surface area contributed by atoms with Crippen LogP contribution in [-0.2, 0) is 13.6 Å². The number of hydrogen-bond donors (Lipinski definition) is 0. The minimum absolute atomic E-state index is 0.232. The van der Waals surface area contributed by atoms with Crippen LogP contribution in [0.3, 0.4) is 0 Å². The third-order valence-corrected chi connectivity index (χ3v) is 5.14. The van der Waals surface area contributed by atoms with Crippen molar-refractivity contribution in [3.63, 3.8) is 0 Å². The molecule has 0 spiro atoms. The van der Waals surface area contributed by atoms with Crippen molar-refractivity contribution in [2.75, 3.05) is 12.0 Å². The van der Waals surface area contributed by atoms with Gasteiger partial charge in [-0.05, 0) is 29.8 Å². The number of aromatic nitrogens is 4. The Balaban J connectivity index is 1.79. The molecule has 4 rings (SSSR count). The zero-order valence-electron chi connectivity index (χ0n) is 15.2. The number of methoxy groups -OCH3 is 1. The van der Waals surface area contributed by atoms with E-state index in [1.54, 1.807) is 37.8 Å². The molecule has 3 heterocycles. The summed E-state index contributed by atoms with van der Waals surface area (Å²) < 4.78 is 21.0. The summed E-state index contributed by atoms with van der Waals surface area (Å²) in [5, 5.41) is 4.61. The second-order valence-electron chi connectivity index (χ2n) is 6.09. The van der Waals surface area contributed by atoms with E-state index in [2.05, 4.69) is 15.1 Å². The zero-order chi connectivity index (χ0) is 19.7. The third-order valence-electron chi connectivity index (χ3n) is 4.10. The van der Waals surface area contributed by atoms with Gasteiger partial charge in [0.05, 0.1) is 23.9 Å². The van der Waals surface area contributed by atoms with Gasteiger partial charge in [0.15, 0.2) is 5.13 Å². The van der Waals surface area contributed by atoms with Crippen molar-refractivity contribution in [3.05, 3.63) is 65.9 Å². The van der Waals surface area contributed by atoms with Crippen LogP contribution in [0.15, 0.2) is 48.9 Å². The SMILES string of the molecule is COc1nn(C)cc1C(=O)N(Cc1cccnc1)c1nc2ccc(F)cc2s1. The van der Waals surface area contributed by atoms with E-state index in [0.717, 1.165) is 5.56 Å². The van der Waals surface area contributed by atoms with Gasteiger partial charge in [0.25, 0.3) is 5.91 Å². The Morgan fingerprint density at radius 1 is 1.36 bits per heavy atom. The van der Waals surface area contributed by atoms with E-state index in [1.165, 1.54) is 40.2 Å². The number of amides is 1. The van der Waals surface area contributed by atoms with Crippen LogP contribution in [-0.4, -0.2) is 32.8 Å². The van der Waals surface area contributed by atoms with Gasteiger partial charge in [0.2, 0.25) is 5.88 Å². The fraction of sp³-hybridized carbons (Fsp3) is 0.158. The van der Waals surface area contributed by atoms with E-state index in [0.29, 0.717) is 20.9 Å². The number of aryl methyl sites for hydroxylation is 1. The lowest BCUT2D eigenvalue weighted by Gasteiger charge is -2.19. The number of carbonyl (C=O) groups is 1. The smallest absolute Gasteiger partial charge is 0.267 e. The minimum Gasteiger partial charge on any atom is -0.479 e. The van der Waals surface area contributed by atoms with E-state index in [-0.39, 0.29) is 24.1 Å². The molecule has 0 atom stereocenters. The monoisotopic (exact) mass is 397 g/mol. The molecule has 28 heavy (non-hydrogen) atoms. The number of fused-ring (bicyclic) bond motifs is 1. The average molecular weight is 397 g/mol. The summed E-state index contributed by atoms with van der Waals surface area (Å²) in [6.45, 7) is 0.257. The maximum atomic E-state index is 13.6. The molecule has 0 aliphatic rings. The van der Waals surface area contributed by atoms with Crippen molar-refractivity contribution >= 4 is 32.6 Å². The van der Waals surface area contributed by atoms with E-state index in [1.807, 2.05) is 6.07 Å². The van der Waals surface area contributed by atoms with Crippen LogP contribution in [0.2, 0.25) is 0 Å². The Labute approximate surface area is 164 Å². The van der Waals surface area contributed by atoms with E-state index in [4.69, 9.17) is 4.74 Å². The number of halogens is 1. The lowest BCUT2D eigenvalue weighted by atomic mass is 10.2. The first kappa shape index (κ1) is 18.1. The van der Waals surface area contributed by atoms with Crippen molar-refractivity contribution in [3.8, 4) is 5.88 Å². The summed E-state index contributed by atoms with van der Waals surface area (Å²) in [6.07, 6.45) is 4.96. The molecule has 0 saturated carbocycles. The molecule has 7 nitrogen and oxygen atoms in total. The first-order chi connectivity index (χ1) is 13.5. The number of rotatable bonds is 5. The average Bonchev–Trinajstić information content (AvgIpc) is 3.29. The largest absolute Gasteiger partial charge is 0.479 e. The number of benzene rings is 1. The van der Waals surface area contributed by atoms with Crippen LogP contribution in [0.4, 0.5) is 9.52 Å². The van der Waals surface area contributed by atoms with Gasteiger partial charge in [0.1, 0.15) is 11.4 Å². The summed E-state index contributed by atoms with van der Waals surface area (Å²) in [7, 11) is 3.18. The van der Waals surface area contributed by atoms with Gasteiger partial charge in [-0.1, -0.05) is 17.4 Å². The molecular formula is C19H16FN5O2S. The summed E-state index contributed by atoms with van der Waals surface area (Å²) in [5.74, 6) is -0.425. The maximum Gasteiger partial charge on any atom is 0.267 e. The molecule has 1 aromatic carbocycles. The first-order valence-electron chi connectivity index (χ1n) is 8.39. The molecule has 0 N–H and O–H groups in total. The second kappa shape index (κ2) is 7.35. The molecule has 0 saturated heterocycles. The molecule has 3 aromatic heterocycles. The van der Waals surface area contributed by atoms with Crippen molar-refractivity contribution < 1.29 is 13.9 Å². The van der Waals surface area contributed by atoms with E-state index >= 15 is 0 Å². The molecule has 0 aliphatic heterocycles. The van der Waals surface area contributed by atoms with Gasteiger partial charge in [-0.15, -0.1) is 5.10 Å². The van der Waals surface area contributed by atoms with Crippen molar-refractivity contribution in [2.45, 2.75) is 6.54 Å². The maximum absolute atomic E-state index is 13.6. The summed E-state index contributed by atoms with van der Waals surface area (Å²) >= 11 is 1.25.